The predicted molar refractivity (Wildman–Crippen MR) is 125 cm³/mol. The van der Waals surface area contributed by atoms with Crippen molar-refractivity contribution < 1.29 is 9.47 Å². The number of ether oxygens (including phenoxy) is 2. The number of nitrogen functional groups attached to an aromatic ring is 1. The Labute approximate surface area is 190 Å². The van der Waals surface area contributed by atoms with Gasteiger partial charge in [-0.15, -0.1) is 0 Å². The van der Waals surface area contributed by atoms with E-state index in [4.69, 9.17) is 26.8 Å². The molecule has 160 valence electrons. The molecule has 0 radical (unpaired) electrons. The fourth-order valence-corrected chi connectivity index (χ4v) is 3.36. The van der Waals surface area contributed by atoms with E-state index in [-0.39, 0.29) is 0 Å². The van der Waals surface area contributed by atoms with Gasteiger partial charge in [0.2, 0.25) is 5.56 Å². The number of nitrogens with two attached hydrogens (primary N) is 1. The van der Waals surface area contributed by atoms with Crippen molar-refractivity contribution in [3.63, 3.8) is 0 Å². The number of anilines is 3. The van der Waals surface area contributed by atoms with E-state index in [1.54, 1.807) is 42.6 Å². The fourth-order valence-electron chi connectivity index (χ4n) is 3.13. The van der Waals surface area contributed by atoms with Crippen LogP contribution in [0.4, 0.5) is 17.2 Å². The zero-order valence-electron chi connectivity index (χ0n) is 17.2. The van der Waals surface area contributed by atoms with Crippen LogP contribution in [0.1, 0.15) is 23.7 Å². The Morgan fingerprint density at radius 3 is 2.69 bits per heavy atom. The van der Waals surface area contributed by atoms with Gasteiger partial charge < -0.3 is 20.5 Å². The third-order valence-electron chi connectivity index (χ3n) is 4.66. The number of fused-ring (bicyclic) bond motifs is 1. The maximum atomic E-state index is 9.59. The highest BCUT2D eigenvalue weighted by Gasteiger charge is 2.13. The molecule has 0 amide bonds. The van der Waals surface area contributed by atoms with Gasteiger partial charge in [-0.3, -0.25) is 4.98 Å². The highest BCUT2D eigenvalue weighted by atomic mass is 35.5. The van der Waals surface area contributed by atoms with E-state index in [1.165, 1.54) is 0 Å². The van der Waals surface area contributed by atoms with Crippen molar-refractivity contribution in [2.75, 3.05) is 17.7 Å². The summed E-state index contributed by atoms with van der Waals surface area (Å²) in [4.78, 5) is 8.79. The topological polar surface area (TPSA) is 106 Å². The number of nitrogens with zero attached hydrogens (tertiary/aromatic N) is 3. The second-order valence-electron chi connectivity index (χ2n) is 6.85. The Bertz CT molecular complexity index is 1290. The van der Waals surface area contributed by atoms with Crippen molar-refractivity contribution in [1.82, 2.24) is 9.97 Å². The first kappa shape index (κ1) is 21.2. The van der Waals surface area contributed by atoms with Gasteiger partial charge in [-0.25, -0.2) is 4.98 Å². The third-order valence-corrected chi connectivity index (χ3v) is 4.97. The number of halogens is 1. The number of pyridine rings is 2. The summed E-state index contributed by atoms with van der Waals surface area (Å²) in [6.45, 7) is 2.48. The van der Waals surface area contributed by atoms with Gasteiger partial charge in [-0.1, -0.05) is 17.7 Å². The van der Waals surface area contributed by atoms with Crippen LogP contribution in [0.25, 0.3) is 10.9 Å². The maximum absolute atomic E-state index is 9.59. The smallest absolute Gasteiger partial charge is 0.214 e. The van der Waals surface area contributed by atoms with Crippen molar-refractivity contribution in [1.29, 1.82) is 5.26 Å². The van der Waals surface area contributed by atoms with Crippen LogP contribution in [0.5, 0.6) is 11.5 Å². The van der Waals surface area contributed by atoms with E-state index in [0.29, 0.717) is 52.1 Å². The van der Waals surface area contributed by atoms with E-state index in [9.17, 15) is 5.26 Å². The van der Waals surface area contributed by atoms with Crippen LogP contribution in [-0.4, -0.2) is 16.6 Å². The number of aromatic nitrogens is 2. The van der Waals surface area contributed by atoms with Crippen LogP contribution in [0.3, 0.4) is 0 Å². The van der Waals surface area contributed by atoms with Crippen LogP contribution in [0, 0.1) is 11.3 Å². The molecule has 7 nitrogen and oxygen atoms in total. The molecule has 0 aliphatic heterocycles. The number of rotatable bonds is 7. The molecule has 2 aromatic carbocycles. The molecule has 4 rings (SSSR count). The summed E-state index contributed by atoms with van der Waals surface area (Å²) in [7, 11) is 0. The molecule has 8 heteroatoms. The zero-order chi connectivity index (χ0) is 22.5. The number of hydrogen-bond acceptors (Lipinski definition) is 7. The molecule has 4 aromatic rings. The quantitative estimate of drug-likeness (QED) is 0.284. The van der Waals surface area contributed by atoms with Crippen LogP contribution in [0.2, 0.25) is 0 Å². The molecule has 0 saturated heterocycles. The Kier molecular flexibility index (Phi) is 6.24. The maximum Gasteiger partial charge on any atom is 0.214 e. The molecular weight excluding hydrogens is 426 g/mol. The minimum Gasteiger partial charge on any atom is -0.494 e. The highest BCUT2D eigenvalue weighted by molar-refractivity contribution is 6.19. The first-order valence-corrected chi connectivity index (χ1v) is 10.4. The van der Waals surface area contributed by atoms with Crippen LogP contribution < -0.4 is 20.5 Å². The number of nitrogens with one attached hydrogen (secondary N) is 1. The van der Waals surface area contributed by atoms with Gasteiger partial charge in [0, 0.05) is 23.7 Å². The summed E-state index contributed by atoms with van der Waals surface area (Å²) in [5.41, 5.74) is 8.18. The summed E-state index contributed by atoms with van der Waals surface area (Å²) in [6, 6.07) is 20.1. The van der Waals surface area contributed by atoms with Gasteiger partial charge in [0.05, 0.1) is 34.8 Å². The van der Waals surface area contributed by atoms with Crippen molar-refractivity contribution in [3.05, 3.63) is 78.1 Å². The number of alkyl halides is 1. The fraction of sp³-hybridized carbons (Fsp3) is 0.125. The number of benzene rings is 2. The van der Waals surface area contributed by atoms with Crippen LogP contribution >= 0.6 is 11.6 Å². The minimum absolute atomic E-state index is 0.400. The summed E-state index contributed by atoms with van der Waals surface area (Å²) < 4.78 is 11.3. The summed E-state index contributed by atoms with van der Waals surface area (Å²) in [5.74, 6) is 1.61. The summed E-state index contributed by atoms with van der Waals surface area (Å²) >= 11 is 6.30. The Morgan fingerprint density at radius 1 is 1.12 bits per heavy atom. The Hall–Kier alpha value is -4.02. The average Bonchev–Trinajstić information content (AvgIpc) is 2.81. The lowest BCUT2D eigenvalue weighted by molar-refractivity contribution is 0.283. The van der Waals surface area contributed by atoms with Gasteiger partial charge in [0.15, 0.2) is 0 Å². The normalized spacial score (nSPS) is 11.5. The van der Waals surface area contributed by atoms with Gasteiger partial charge in [0.25, 0.3) is 0 Å². The number of nitriles is 1. The first-order chi connectivity index (χ1) is 15.6. The zero-order valence-corrected chi connectivity index (χ0v) is 18.0. The molecule has 3 N–H and O–H groups in total. The SMILES string of the molecule is CCOc1ccc2cc(C#N)c(Nc3ccc(OC(Cl)c4ccccn4)cc3N)nc2c1. The van der Waals surface area contributed by atoms with Gasteiger partial charge in [0.1, 0.15) is 23.4 Å². The third kappa shape index (κ3) is 4.66. The molecule has 1 unspecified atom stereocenters. The van der Waals surface area contributed by atoms with Crippen LogP contribution in [0.15, 0.2) is 66.9 Å². The van der Waals surface area contributed by atoms with Crippen molar-refractivity contribution in [2.45, 2.75) is 12.5 Å². The molecule has 1 atom stereocenters. The predicted octanol–water partition coefficient (Wildman–Crippen LogP) is 5.54. The van der Waals surface area contributed by atoms with E-state index >= 15 is 0 Å². The van der Waals surface area contributed by atoms with Gasteiger partial charge >= 0.3 is 0 Å². The standard InChI is InChI=1S/C24H20ClN5O2/c1-2-31-17-7-6-15-11-16(14-26)24(30-22(15)13-17)29-20-9-8-18(12-19(20)27)32-23(25)21-5-3-4-10-28-21/h3-13,23H,2,27H2,1H3,(H,29,30). The highest BCUT2D eigenvalue weighted by Crippen LogP contribution is 2.32. The molecule has 0 aliphatic rings. The van der Waals surface area contributed by atoms with E-state index in [1.807, 2.05) is 31.2 Å². The Morgan fingerprint density at radius 2 is 1.97 bits per heavy atom. The first-order valence-electron chi connectivity index (χ1n) is 9.93. The molecule has 0 saturated carbocycles. The number of hydrogen-bond donors (Lipinski definition) is 2. The Balaban J connectivity index is 1.58. The summed E-state index contributed by atoms with van der Waals surface area (Å²) in [5, 5.41) is 13.6. The molecular formula is C24H20ClN5O2. The molecule has 0 spiro atoms. The molecule has 0 bridgehead atoms. The van der Waals surface area contributed by atoms with Crippen molar-refractivity contribution in [3.8, 4) is 17.6 Å². The lowest BCUT2D eigenvalue weighted by Gasteiger charge is -2.15. The lowest BCUT2D eigenvalue weighted by Crippen LogP contribution is -2.04. The van der Waals surface area contributed by atoms with Crippen molar-refractivity contribution >= 4 is 39.7 Å². The monoisotopic (exact) mass is 445 g/mol. The molecule has 32 heavy (non-hydrogen) atoms. The molecule has 2 heterocycles. The second kappa shape index (κ2) is 9.41. The summed E-state index contributed by atoms with van der Waals surface area (Å²) in [6.07, 6.45) is 1.65. The van der Waals surface area contributed by atoms with E-state index in [2.05, 4.69) is 21.4 Å². The minimum atomic E-state index is -0.749. The van der Waals surface area contributed by atoms with E-state index < -0.39 is 5.56 Å². The second-order valence-corrected chi connectivity index (χ2v) is 7.24. The van der Waals surface area contributed by atoms with E-state index in [0.717, 1.165) is 5.39 Å². The van der Waals surface area contributed by atoms with Gasteiger partial charge in [-0.2, -0.15) is 5.26 Å². The van der Waals surface area contributed by atoms with Crippen LogP contribution in [-0.2, 0) is 0 Å². The van der Waals surface area contributed by atoms with Crippen molar-refractivity contribution in [2.24, 2.45) is 0 Å². The molecule has 0 aliphatic carbocycles. The lowest BCUT2D eigenvalue weighted by atomic mass is 10.1. The average molecular weight is 446 g/mol. The van der Waals surface area contributed by atoms with Gasteiger partial charge in [-0.05, 0) is 49.4 Å². The largest absolute Gasteiger partial charge is 0.494 e. The molecule has 0 fully saturated rings. The molecule has 2 aromatic heterocycles.